The van der Waals surface area contributed by atoms with Gasteiger partial charge in [0.1, 0.15) is 11.5 Å². The highest BCUT2D eigenvalue weighted by Crippen LogP contribution is 2.22. The molecule has 0 aliphatic heterocycles. The molecule has 2 aromatic rings. The van der Waals surface area contributed by atoms with Gasteiger partial charge < -0.3 is 14.8 Å². The van der Waals surface area contributed by atoms with E-state index < -0.39 is 0 Å². The molecule has 2 amide bonds. The topological polar surface area (TPSA) is 89.0 Å². The quantitative estimate of drug-likeness (QED) is 0.579. The summed E-state index contributed by atoms with van der Waals surface area (Å²) in [6, 6.07) is 12.1. The number of nitrogens with one attached hydrogen (secondary N) is 2. The van der Waals surface area contributed by atoms with Crippen molar-refractivity contribution in [3.63, 3.8) is 0 Å². The molecule has 0 bridgehead atoms. The summed E-state index contributed by atoms with van der Waals surface area (Å²) in [5.41, 5.74) is 5.07. The van der Waals surface area contributed by atoms with Gasteiger partial charge in [-0.2, -0.15) is 5.10 Å². The van der Waals surface area contributed by atoms with E-state index in [2.05, 4.69) is 15.8 Å². The van der Waals surface area contributed by atoms with E-state index in [1.165, 1.54) is 14.2 Å². The fourth-order valence-corrected chi connectivity index (χ4v) is 2.25. The van der Waals surface area contributed by atoms with Gasteiger partial charge in [-0.15, -0.1) is 0 Å². The number of carbonyl (C=O) groups is 2. The lowest BCUT2D eigenvalue weighted by atomic mass is 10.1. The van der Waals surface area contributed by atoms with Crippen molar-refractivity contribution < 1.29 is 19.1 Å². The molecule has 2 aromatic carbocycles. The molecule has 0 radical (unpaired) electrons. The molecule has 0 aromatic heterocycles. The van der Waals surface area contributed by atoms with Crippen LogP contribution < -0.4 is 20.2 Å². The number of rotatable bonds is 7. The second-order valence-electron chi connectivity index (χ2n) is 5.72. The first kappa shape index (κ1) is 20.0. The van der Waals surface area contributed by atoms with Crippen molar-refractivity contribution in [2.45, 2.75) is 20.3 Å². The van der Waals surface area contributed by atoms with Crippen molar-refractivity contribution in [2.24, 2.45) is 5.10 Å². The fourth-order valence-electron chi connectivity index (χ4n) is 2.25. The number of hydrogen-bond acceptors (Lipinski definition) is 5. The number of anilines is 1. The average Bonchev–Trinajstić information content (AvgIpc) is 2.71. The Morgan fingerprint density at radius 1 is 0.963 bits per heavy atom. The highest BCUT2D eigenvalue weighted by molar-refractivity contribution is 6.01. The van der Waals surface area contributed by atoms with E-state index in [0.29, 0.717) is 34.9 Å². The third-order valence-corrected chi connectivity index (χ3v) is 3.85. The van der Waals surface area contributed by atoms with Gasteiger partial charge in [0.2, 0.25) is 5.91 Å². The van der Waals surface area contributed by atoms with Crippen LogP contribution in [-0.2, 0) is 4.79 Å². The Kier molecular flexibility index (Phi) is 6.93. The predicted molar refractivity (Wildman–Crippen MR) is 105 cm³/mol. The van der Waals surface area contributed by atoms with Gasteiger partial charge in [0, 0.05) is 23.7 Å². The number of methoxy groups -OCH3 is 2. The SMILES string of the molecule is CCC(=O)Nc1ccc(/C(C)=N/NC(=O)c2cc(OC)cc(OC)c2)cc1. The molecule has 2 N–H and O–H groups in total. The van der Waals surface area contributed by atoms with Crippen molar-refractivity contribution in [1.29, 1.82) is 0 Å². The number of carbonyl (C=O) groups excluding carboxylic acids is 2. The lowest BCUT2D eigenvalue weighted by molar-refractivity contribution is -0.115. The summed E-state index contributed by atoms with van der Waals surface area (Å²) in [7, 11) is 3.04. The first-order chi connectivity index (χ1) is 13.0. The Balaban J connectivity index is 2.08. The molecular weight excluding hydrogens is 346 g/mol. The molecule has 0 saturated carbocycles. The van der Waals surface area contributed by atoms with E-state index in [9.17, 15) is 9.59 Å². The number of nitrogens with zero attached hydrogens (tertiary/aromatic N) is 1. The normalized spacial score (nSPS) is 10.9. The van der Waals surface area contributed by atoms with Crippen LogP contribution in [0.15, 0.2) is 47.6 Å². The summed E-state index contributed by atoms with van der Waals surface area (Å²) >= 11 is 0. The highest BCUT2D eigenvalue weighted by Gasteiger charge is 2.10. The van der Waals surface area contributed by atoms with Gasteiger partial charge >= 0.3 is 0 Å². The van der Waals surface area contributed by atoms with Gasteiger partial charge in [0.25, 0.3) is 5.91 Å². The molecule has 0 fully saturated rings. The lowest BCUT2D eigenvalue weighted by Gasteiger charge is -2.08. The predicted octanol–water partition coefficient (Wildman–Crippen LogP) is 3.21. The maximum Gasteiger partial charge on any atom is 0.271 e. The number of amides is 2. The van der Waals surface area contributed by atoms with E-state index in [4.69, 9.17) is 9.47 Å². The zero-order valence-corrected chi connectivity index (χ0v) is 15.8. The lowest BCUT2D eigenvalue weighted by Crippen LogP contribution is -2.19. The summed E-state index contributed by atoms with van der Waals surface area (Å²) < 4.78 is 10.3. The van der Waals surface area contributed by atoms with Gasteiger partial charge in [0.05, 0.1) is 19.9 Å². The van der Waals surface area contributed by atoms with E-state index in [-0.39, 0.29) is 11.8 Å². The second kappa shape index (κ2) is 9.38. The molecule has 2 rings (SSSR count). The number of hydrogen-bond donors (Lipinski definition) is 2. The van der Waals surface area contributed by atoms with Crippen molar-refractivity contribution in [1.82, 2.24) is 5.43 Å². The van der Waals surface area contributed by atoms with E-state index in [1.807, 2.05) is 12.1 Å². The van der Waals surface area contributed by atoms with Gasteiger partial charge in [-0.25, -0.2) is 5.43 Å². The summed E-state index contributed by atoms with van der Waals surface area (Å²) in [6.45, 7) is 3.58. The minimum absolute atomic E-state index is 0.0471. The molecule has 0 heterocycles. The van der Waals surface area contributed by atoms with Crippen LogP contribution in [0.25, 0.3) is 0 Å². The first-order valence-electron chi connectivity index (χ1n) is 8.44. The van der Waals surface area contributed by atoms with Crippen LogP contribution in [-0.4, -0.2) is 31.7 Å². The highest BCUT2D eigenvalue weighted by atomic mass is 16.5. The Bertz CT molecular complexity index is 823. The molecular formula is C20H23N3O4. The van der Waals surface area contributed by atoms with Crippen LogP contribution in [0.3, 0.4) is 0 Å². The molecule has 0 unspecified atom stereocenters. The molecule has 0 saturated heterocycles. The molecule has 7 heteroatoms. The standard InChI is InChI=1S/C20H23N3O4/c1-5-19(24)21-16-8-6-14(7-9-16)13(2)22-23-20(25)15-10-17(26-3)12-18(11-15)27-4/h6-12H,5H2,1-4H3,(H,21,24)(H,23,25)/b22-13+. The molecule has 0 aliphatic rings. The molecule has 0 atom stereocenters. The average molecular weight is 369 g/mol. The minimum Gasteiger partial charge on any atom is -0.497 e. The van der Waals surface area contributed by atoms with Crippen LogP contribution in [0.5, 0.6) is 11.5 Å². The zero-order chi connectivity index (χ0) is 19.8. The zero-order valence-electron chi connectivity index (χ0n) is 15.8. The molecule has 0 aliphatic carbocycles. The van der Waals surface area contributed by atoms with Crippen molar-refractivity contribution in [2.75, 3.05) is 19.5 Å². The number of benzene rings is 2. The summed E-state index contributed by atoms with van der Waals surface area (Å²) in [5, 5.41) is 6.92. The third-order valence-electron chi connectivity index (χ3n) is 3.85. The second-order valence-corrected chi connectivity index (χ2v) is 5.72. The van der Waals surface area contributed by atoms with Crippen LogP contribution in [0, 0.1) is 0 Å². The van der Waals surface area contributed by atoms with E-state index in [0.717, 1.165) is 5.56 Å². The van der Waals surface area contributed by atoms with Gasteiger partial charge in [-0.05, 0) is 36.8 Å². The molecule has 142 valence electrons. The minimum atomic E-state index is -0.377. The monoisotopic (exact) mass is 369 g/mol. The summed E-state index contributed by atoms with van der Waals surface area (Å²) in [4.78, 5) is 23.8. The van der Waals surface area contributed by atoms with Crippen molar-refractivity contribution >= 4 is 23.2 Å². The Labute approximate surface area is 158 Å². The van der Waals surface area contributed by atoms with Crippen LogP contribution in [0.1, 0.15) is 36.2 Å². The Morgan fingerprint density at radius 2 is 1.56 bits per heavy atom. The van der Waals surface area contributed by atoms with E-state index in [1.54, 1.807) is 44.2 Å². The van der Waals surface area contributed by atoms with Crippen LogP contribution in [0.2, 0.25) is 0 Å². The molecule has 7 nitrogen and oxygen atoms in total. The van der Waals surface area contributed by atoms with Crippen LogP contribution >= 0.6 is 0 Å². The molecule has 0 spiro atoms. The van der Waals surface area contributed by atoms with Gasteiger partial charge in [-0.1, -0.05) is 19.1 Å². The number of hydrazone groups is 1. The molecule has 27 heavy (non-hydrogen) atoms. The van der Waals surface area contributed by atoms with Gasteiger partial charge in [-0.3, -0.25) is 9.59 Å². The number of ether oxygens (including phenoxy) is 2. The fraction of sp³-hybridized carbons (Fsp3) is 0.250. The third kappa shape index (κ3) is 5.57. The van der Waals surface area contributed by atoms with Crippen molar-refractivity contribution in [3.05, 3.63) is 53.6 Å². The maximum atomic E-state index is 12.3. The Hall–Kier alpha value is -3.35. The summed E-state index contributed by atoms with van der Waals surface area (Å²) in [5.74, 6) is 0.613. The van der Waals surface area contributed by atoms with Gasteiger partial charge in [0.15, 0.2) is 0 Å². The van der Waals surface area contributed by atoms with Crippen LogP contribution in [0.4, 0.5) is 5.69 Å². The first-order valence-corrected chi connectivity index (χ1v) is 8.44. The smallest absolute Gasteiger partial charge is 0.271 e. The van der Waals surface area contributed by atoms with E-state index >= 15 is 0 Å². The largest absolute Gasteiger partial charge is 0.497 e. The van der Waals surface area contributed by atoms with Crippen molar-refractivity contribution in [3.8, 4) is 11.5 Å². The summed E-state index contributed by atoms with van der Waals surface area (Å²) in [6.07, 6.45) is 0.420. The maximum absolute atomic E-state index is 12.3. The Morgan fingerprint density at radius 3 is 2.07 bits per heavy atom.